The normalized spacial score (nSPS) is 14.1. The van der Waals surface area contributed by atoms with Gasteiger partial charge < -0.3 is 9.57 Å². The van der Waals surface area contributed by atoms with Crippen molar-refractivity contribution < 1.29 is 9.57 Å². The molecule has 9 heteroatoms. The second-order valence-electron chi connectivity index (χ2n) is 7.21. The predicted molar refractivity (Wildman–Crippen MR) is 116 cm³/mol. The molecule has 30 heavy (non-hydrogen) atoms. The minimum atomic E-state index is -0.289. The van der Waals surface area contributed by atoms with Gasteiger partial charge in [-0.15, -0.1) is 0 Å². The zero-order chi connectivity index (χ0) is 21.3. The Morgan fingerprint density at radius 2 is 2.07 bits per heavy atom. The molecule has 0 atom stereocenters. The van der Waals surface area contributed by atoms with Crippen LogP contribution in [0.2, 0.25) is 0 Å². The molecular weight excluding hydrogens is 450 g/mol. The van der Waals surface area contributed by atoms with Gasteiger partial charge in [0.25, 0.3) is 0 Å². The Labute approximate surface area is 182 Å². The Kier molecular flexibility index (Phi) is 5.72. The van der Waals surface area contributed by atoms with Crippen LogP contribution in [0.25, 0.3) is 5.69 Å². The fourth-order valence-electron chi connectivity index (χ4n) is 3.37. The van der Waals surface area contributed by atoms with Gasteiger partial charge in [-0.05, 0) is 81.9 Å². The third-order valence-corrected chi connectivity index (χ3v) is 5.72. The summed E-state index contributed by atoms with van der Waals surface area (Å²) >= 11 is 3.58. The number of hydrogen-bond donors (Lipinski definition) is 0. The minimum Gasteiger partial charge on any atom is -0.488 e. The molecule has 1 heterocycles. The van der Waals surface area contributed by atoms with Crippen LogP contribution in [0.15, 0.2) is 50.8 Å². The van der Waals surface area contributed by atoms with Crippen molar-refractivity contribution in [2.45, 2.75) is 32.3 Å². The molecule has 1 saturated carbocycles. The molecule has 1 fully saturated rings. The van der Waals surface area contributed by atoms with Crippen molar-refractivity contribution in [1.82, 2.24) is 19.8 Å². The maximum Gasteiger partial charge on any atom is 0.368 e. The number of ether oxygens (including phenoxy) is 1. The van der Waals surface area contributed by atoms with Gasteiger partial charge in [0.05, 0.1) is 15.9 Å². The van der Waals surface area contributed by atoms with E-state index < -0.39 is 0 Å². The monoisotopic (exact) mass is 471 g/mol. The number of oxime groups is 1. The highest BCUT2D eigenvalue weighted by molar-refractivity contribution is 9.10. The summed E-state index contributed by atoms with van der Waals surface area (Å²) in [6.45, 7) is 2.19. The summed E-state index contributed by atoms with van der Waals surface area (Å²) in [6.07, 6.45) is 2.28. The van der Waals surface area contributed by atoms with E-state index in [9.17, 15) is 4.79 Å². The van der Waals surface area contributed by atoms with Crippen LogP contribution in [-0.4, -0.2) is 32.6 Å². The molecule has 4 rings (SSSR count). The first-order valence-electron chi connectivity index (χ1n) is 9.61. The lowest BCUT2D eigenvalue weighted by atomic mass is 10.0. The zero-order valence-corrected chi connectivity index (χ0v) is 18.6. The number of tetrazole rings is 1. The first kappa shape index (κ1) is 20.3. The molecule has 0 bridgehead atoms. The average molecular weight is 472 g/mol. The summed E-state index contributed by atoms with van der Waals surface area (Å²) in [5.41, 5.74) is 4.27. The van der Waals surface area contributed by atoms with Gasteiger partial charge in [0.1, 0.15) is 19.5 Å². The van der Waals surface area contributed by atoms with Crippen LogP contribution in [-0.2, 0) is 18.5 Å². The second-order valence-corrected chi connectivity index (χ2v) is 8.06. The van der Waals surface area contributed by atoms with Gasteiger partial charge in [-0.25, -0.2) is 4.79 Å². The van der Waals surface area contributed by atoms with Crippen molar-refractivity contribution >= 4 is 21.6 Å². The van der Waals surface area contributed by atoms with Crippen molar-refractivity contribution in [3.05, 3.63) is 68.0 Å². The van der Waals surface area contributed by atoms with E-state index in [2.05, 4.69) is 37.6 Å². The van der Waals surface area contributed by atoms with E-state index in [4.69, 9.17) is 9.57 Å². The topological polar surface area (TPSA) is 83.5 Å². The fourth-order valence-corrected chi connectivity index (χ4v) is 3.87. The van der Waals surface area contributed by atoms with Crippen LogP contribution in [0, 0.1) is 0 Å². The number of aromatic nitrogens is 4. The minimum absolute atomic E-state index is 0.289. The largest absolute Gasteiger partial charge is 0.488 e. The fraction of sp³-hybridized carbons (Fsp3) is 0.333. The molecule has 0 amide bonds. The highest BCUT2D eigenvalue weighted by Crippen LogP contribution is 2.43. The van der Waals surface area contributed by atoms with E-state index in [1.54, 1.807) is 7.05 Å². The summed E-state index contributed by atoms with van der Waals surface area (Å²) in [4.78, 5) is 17.3. The van der Waals surface area contributed by atoms with Gasteiger partial charge in [-0.2, -0.15) is 9.36 Å². The Bertz CT molecular complexity index is 1160. The number of rotatable bonds is 7. The van der Waals surface area contributed by atoms with Gasteiger partial charge in [-0.3, -0.25) is 0 Å². The first-order valence-corrected chi connectivity index (χ1v) is 10.4. The number of nitrogens with zero attached hydrogens (tertiary/aromatic N) is 5. The van der Waals surface area contributed by atoms with Crippen molar-refractivity contribution in [3.8, 4) is 11.4 Å². The smallest absolute Gasteiger partial charge is 0.368 e. The summed E-state index contributed by atoms with van der Waals surface area (Å²) < 4.78 is 9.51. The van der Waals surface area contributed by atoms with E-state index >= 15 is 0 Å². The molecule has 1 aliphatic rings. The molecule has 0 saturated heterocycles. The standard InChI is InChI=1S/C21H22BrN5O3/c1-13(23-29-3)15-9-10-20(18(22)11-15)30-12-17-16(14-7-8-14)5-4-6-19(17)27-21(28)26(2)24-25-27/h4-6,9-11,14H,7-8,12H2,1-3H3. The lowest BCUT2D eigenvalue weighted by Gasteiger charge is -2.16. The highest BCUT2D eigenvalue weighted by Gasteiger charge is 2.28. The zero-order valence-electron chi connectivity index (χ0n) is 17.0. The van der Waals surface area contributed by atoms with E-state index in [1.807, 2.05) is 37.3 Å². The van der Waals surface area contributed by atoms with Gasteiger partial charge in [0, 0.05) is 18.2 Å². The van der Waals surface area contributed by atoms with E-state index in [1.165, 1.54) is 22.0 Å². The number of aryl methyl sites for hydroxylation is 1. The molecular formula is C21H22BrN5O3. The Balaban J connectivity index is 1.66. The summed E-state index contributed by atoms with van der Waals surface area (Å²) in [5, 5.41) is 11.8. The number of benzene rings is 2. The third kappa shape index (κ3) is 4.02. The molecule has 0 unspecified atom stereocenters. The molecule has 3 aromatic rings. The molecule has 1 aromatic heterocycles. The first-order chi connectivity index (χ1) is 14.5. The van der Waals surface area contributed by atoms with Crippen LogP contribution in [0.5, 0.6) is 5.75 Å². The molecule has 1 aliphatic carbocycles. The summed E-state index contributed by atoms with van der Waals surface area (Å²) in [5.74, 6) is 1.20. The van der Waals surface area contributed by atoms with Crippen molar-refractivity contribution in [1.29, 1.82) is 0 Å². The van der Waals surface area contributed by atoms with Gasteiger partial charge >= 0.3 is 5.69 Å². The highest BCUT2D eigenvalue weighted by atomic mass is 79.9. The van der Waals surface area contributed by atoms with Crippen LogP contribution >= 0.6 is 15.9 Å². The maximum atomic E-state index is 12.4. The predicted octanol–water partition coefficient (Wildman–Crippen LogP) is 3.56. The average Bonchev–Trinajstić information content (AvgIpc) is 3.53. The number of hydrogen-bond acceptors (Lipinski definition) is 6. The SMILES string of the molecule is CON=C(C)c1ccc(OCc2c(C3CC3)cccc2-n2nnn(C)c2=O)c(Br)c1. The van der Waals surface area contributed by atoms with Crippen molar-refractivity contribution in [2.75, 3.05) is 7.11 Å². The lowest BCUT2D eigenvalue weighted by Crippen LogP contribution is -2.23. The van der Waals surface area contributed by atoms with Gasteiger partial charge in [0.15, 0.2) is 0 Å². The molecule has 8 nitrogen and oxygen atoms in total. The van der Waals surface area contributed by atoms with Crippen LogP contribution in [0.3, 0.4) is 0 Å². The molecule has 0 N–H and O–H groups in total. The van der Waals surface area contributed by atoms with Crippen LogP contribution < -0.4 is 10.4 Å². The van der Waals surface area contributed by atoms with Crippen LogP contribution in [0.1, 0.15) is 42.4 Å². The van der Waals surface area contributed by atoms with Crippen molar-refractivity contribution in [3.63, 3.8) is 0 Å². The Hall–Kier alpha value is -2.94. The summed E-state index contributed by atoms with van der Waals surface area (Å²) in [6, 6.07) is 11.7. The Morgan fingerprint density at radius 3 is 2.70 bits per heavy atom. The summed E-state index contributed by atoms with van der Waals surface area (Å²) in [7, 11) is 3.10. The molecule has 0 aliphatic heterocycles. The quantitative estimate of drug-likeness (QED) is 0.388. The second kappa shape index (κ2) is 8.43. The molecule has 2 aromatic carbocycles. The molecule has 156 valence electrons. The van der Waals surface area contributed by atoms with E-state index in [0.717, 1.165) is 34.2 Å². The van der Waals surface area contributed by atoms with E-state index in [-0.39, 0.29) is 5.69 Å². The van der Waals surface area contributed by atoms with Crippen molar-refractivity contribution in [2.24, 2.45) is 12.2 Å². The maximum absolute atomic E-state index is 12.4. The van der Waals surface area contributed by atoms with Crippen LogP contribution in [0.4, 0.5) is 0 Å². The molecule has 0 spiro atoms. The Morgan fingerprint density at radius 1 is 1.27 bits per heavy atom. The van der Waals surface area contributed by atoms with Gasteiger partial charge in [0.2, 0.25) is 0 Å². The lowest BCUT2D eigenvalue weighted by molar-refractivity contribution is 0.213. The molecule has 0 radical (unpaired) electrons. The van der Waals surface area contributed by atoms with Gasteiger partial charge in [-0.1, -0.05) is 17.3 Å². The number of halogens is 1. The third-order valence-electron chi connectivity index (χ3n) is 5.10. The van der Waals surface area contributed by atoms with E-state index in [0.29, 0.717) is 24.0 Å².